The summed E-state index contributed by atoms with van der Waals surface area (Å²) in [5, 5.41) is 5.69. The van der Waals surface area contributed by atoms with Crippen LogP contribution in [0.3, 0.4) is 0 Å². The molecule has 1 aliphatic rings. The molecule has 4 rings (SSSR count). The van der Waals surface area contributed by atoms with Gasteiger partial charge >= 0.3 is 41.3 Å². The summed E-state index contributed by atoms with van der Waals surface area (Å²) in [5.41, 5.74) is 5.69. The number of benzene rings is 2. The second-order valence-corrected chi connectivity index (χ2v) is 11.5. The molecule has 0 aliphatic heterocycles. The smallest absolute Gasteiger partial charge is 0.0231 e. The maximum atomic E-state index is 2.99. The van der Waals surface area contributed by atoms with Gasteiger partial charge in [-0.15, -0.1) is 45.2 Å². The van der Waals surface area contributed by atoms with Crippen molar-refractivity contribution in [2.24, 2.45) is 0 Å². The maximum Gasteiger partial charge on any atom is -0.0231 e. The maximum absolute atomic E-state index is 2.99. The van der Waals surface area contributed by atoms with Crippen molar-refractivity contribution in [1.29, 1.82) is 0 Å². The Labute approximate surface area is 223 Å². The molecular formula is C29H36Cl2Zr-2. The Morgan fingerprint density at radius 3 is 1.50 bits per heavy atom. The van der Waals surface area contributed by atoms with Crippen LogP contribution >= 0.6 is 0 Å². The van der Waals surface area contributed by atoms with Crippen molar-refractivity contribution in [3.05, 3.63) is 76.9 Å². The molecule has 3 aromatic carbocycles. The predicted octanol–water partition coefficient (Wildman–Crippen LogP) is 2.63. The van der Waals surface area contributed by atoms with Gasteiger partial charge < -0.3 is 24.8 Å². The summed E-state index contributed by atoms with van der Waals surface area (Å²) >= 11 is 1.55. The summed E-state index contributed by atoms with van der Waals surface area (Å²) in [7, 11) is 0. The Morgan fingerprint density at radius 1 is 0.844 bits per heavy atom. The zero-order valence-corrected chi connectivity index (χ0v) is 24.7. The molecule has 0 amide bonds. The van der Waals surface area contributed by atoms with Crippen LogP contribution in [0.2, 0.25) is 0 Å². The monoisotopic (exact) mass is 544 g/mol. The molecule has 0 unspecified atom stereocenters. The van der Waals surface area contributed by atoms with Crippen molar-refractivity contribution in [2.75, 3.05) is 0 Å². The van der Waals surface area contributed by atoms with Crippen molar-refractivity contribution in [3.63, 3.8) is 0 Å². The fourth-order valence-corrected chi connectivity index (χ4v) is 3.63. The van der Waals surface area contributed by atoms with Crippen LogP contribution in [0.25, 0.3) is 21.5 Å². The molecule has 0 aromatic heterocycles. The van der Waals surface area contributed by atoms with Gasteiger partial charge in [-0.05, 0) is 11.8 Å². The minimum absolute atomic E-state index is 0. The average Bonchev–Trinajstić information content (AvgIpc) is 3.33. The van der Waals surface area contributed by atoms with Gasteiger partial charge in [0, 0.05) is 0 Å². The van der Waals surface area contributed by atoms with Crippen LogP contribution in [-0.2, 0) is 24.2 Å². The van der Waals surface area contributed by atoms with Crippen molar-refractivity contribution in [1.82, 2.24) is 0 Å². The molecule has 0 spiro atoms. The third kappa shape index (κ3) is 8.48. The molecule has 0 bridgehead atoms. The topological polar surface area (TPSA) is 0 Å². The van der Waals surface area contributed by atoms with E-state index in [-0.39, 0.29) is 24.8 Å². The van der Waals surface area contributed by atoms with E-state index in [1.165, 1.54) is 47.0 Å². The van der Waals surface area contributed by atoms with Gasteiger partial charge in [0.1, 0.15) is 0 Å². The van der Waals surface area contributed by atoms with Gasteiger partial charge in [-0.2, -0.15) is 6.08 Å². The summed E-state index contributed by atoms with van der Waals surface area (Å²) in [6.45, 7) is 17.8. The summed E-state index contributed by atoms with van der Waals surface area (Å²) in [4.78, 5) is 0. The van der Waals surface area contributed by atoms with Crippen LogP contribution in [0.5, 0.6) is 0 Å². The van der Waals surface area contributed by atoms with Crippen LogP contribution in [0.15, 0.2) is 48.6 Å². The molecule has 0 radical (unpaired) electrons. The van der Waals surface area contributed by atoms with E-state index in [2.05, 4.69) is 97.9 Å². The molecule has 0 nitrogen and oxygen atoms in total. The number of halogens is 2. The molecule has 1 aliphatic carbocycles. The van der Waals surface area contributed by atoms with E-state index in [1.54, 1.807) is 24.2 Å². The quantitative estimate of drug-likeness (QED) is 0.434. The Hall–Kier alpha value is -0.877. The Kier molecular flexibility index (Phi) is 14.0. The van der Waals surface area contributed by atoms with E-state index in [9.17, 15) is 0 Å². The van der Waals surface area contributed by atoms with Crippen molar-refractivity contribution in [2.45, 2.75) is 73.6 Å². The van der Waals surface area contributed by atoms with E-state index in [1.807, 2.05) is 12.2 Å². The Morgan fingerprint density at radius 2 is 1.25 bits per heavy atom. The fraction of sp³-hybridized carbons (Fsp3) is 0.379. The van der Waals surface area contributed by atoms with Gasteiger partial charge in [-0.25, -0.2) is 12.2 Å². The number of aryl methyl sites for hydroxylation is 2. The number of hydrogen-bond donors (Lipinski definition) is 0. The first-order valence-corrected chi connectivity index (χ1v) is 12.2. The van der Waals surface area contributed by atoms with Crippen molar-refractivity contribution in [3.8, 4) is 0 Å². The van der Waals surface area contributed by atoms with E-state index < -0.39 is 0 Å². The number of fused-ring (bicyclic) bond motifs is 3. The van der Waals surface area contributed by atoms with E-state index in [4.69, 9.17) is 0 Å². The third-order valence-electron chi connectivity index (χ3n) is 5.32. The second kappa shape index (κ2) is 14.4. The molecule has 3 heteroatoms. The molecule has 0 atom stereocenters. The SMILES string of the molecule is C[C](C)=[Zr+2].Cc1cc(C(C)C)cc2c1[cH-]c1c(C)cc(C(C)C)cc12.[C-]1=CC=CC1.[Cl-].[Cl-]. The van der Waals surface area contributed by atoms with Crippen LogP contribution in [-0.4, -0.2) is 3.21 Å². The molecule has 0 fully saturated rings. The summed E-state index contributed by atoms with van der Waals surface area (Å²) in [5.74, 6) is 1.15. The largest absolute Gasteiger partial charge is 1.00 e. The van der Waals surface area contributed by atoms with Gasteiger partial charge in [0.15, 0.2) is 0 Å². The van der Waals surface area contributed by atoms with Gasteiger partial charge in [0.25, 0.3) is 0 Å². The number of allylic oxidation sites excluding steroid dienone is 4. The second-order valence-electron chi connectivity index (χ2n) is 9.05. The van der Waals surface area contributed by atoms with E-state index in [0.717, 1.165) is 6.42 Å². The van der Waals surface area contributed by atoms with Crippen LogP contribution in [0, 0.1) is 19.9 Å². The molecule has 3 aromatic rings. The van der Waals surface area contributed by atoms with Crippen LogP contribution in [0.4, 0.5) is 0 Å². The summed E-state index contributed by atoms with van der Waals surface area (Å²) < 4.78 is 1.51. The predicted molar refractivity (Wildman–Crippen MR) is 133 cm³/mol. The molecular weight excluding hydrogens is 510 g/mol. The first-order chi connectivity index (χ1) is 14.1. The molecule has 172 valence electrons. The fourth-order valence-electron chi connectivity index (χ4n) is 3.63. The van der Waals surface area contributed by atoms with Crippen LogP contribution < -0.4 is 24.8 Å². The summed E-state index contributed by atoms with van der Waals surface area (Å²) in [6, 6.07) is 11.9. The van der Waals surface area contributed by atoms with E-state index >= 15 is 0 Å². The van der Waals surface area contributed by atoms with Crippen molar-refractivity contribution >= 4 is 24.8 Å². The van der Waals surface area contributed by atoms with Gasteiger partial charge in [0.2, 0.25) is 0 Å². The average molecular weight is 547 g/mol. The normalized spacial score (nSPS) is 11.6. The van der Waals surface area contributed by atoms with Crippen molar-refractivity contribution < 1.29 is 49.0 Å². The molecule has 32 heavy (non-hydrogen) atoms. The molecule has 0 heterocycles. The van der Waals surface area contributed by atoms with Gasteiger partial charge in [-0.3, -0.25) is 6.08 Å². The molecule has 0 N–H and O–H groups in total. The zero-order chi connectivity index (χ0) is 22.4. The van der Waals surface area contributed by atoms with Gasteiger partial charge in [-0.1, -0.05) is 76.9 Å². The summed E-state index contributed by atoms with van der Waals surface area (Å²) in [6.07, 6.45) is 10.0. The zero-order valence-electron chi connectivity index (χ0n) is 20.7. The standard InChI is InChI=1S/C21H25.C5H5.C3H6.2ClH.Zr/c1-12(2)16-7-14(5)18-11-19-15(6)8-17(13(3)4)10-21(19)20(18)9-16;1-2-4-5-3-1;1-3-2;;;/h7-13H,1-6H3;1-3H,4H2;1-2H3;2*1H;/q2*-1;;;;+2/p-2. The minimum atomic E-state index is 0. The number of hydrogen-bond acceptors (Lipinski definition) is 0. The Bertz CT molecular complexity index is 999. The minimum Gasteiger partial charge on any atom is -1.00 e. The van der Waals surface area contributed by atoms with Crippen LogP contribution in [0.1, 0.15) is 82.1 Å². The number of rotatable bonds is 2. The third-order valence-corrected chi connectivity index (χ3v) is 5.32. The Balaban J connectivity index is 0.000000739. The molecule has 0 saturated carbocycles. The first kappa shape index (κ1) is 31.1. The van der Waals surface area contributed by atoms with E-state index in [0.29, 0.717) is 11.8 Å². The first-order valence-electron chi connectivity index (χ1n) is 11.0. The molecule has 0 saturated heterocycles. The van der Waals surface area contributed by atoms with Gasteiger partial charge in [0.05, 0.1) is 0 Å².